The molecule has 0 aliphatic carbocycles. The molecule has 0 spiro atoms. The highest BCUT2D eigenvalue weighted by atomic mass is 16.9. The van der Waals surface area contributed by atoms with Crippen LogP contribution in [0.25, 0.3) is 0 Å². The number of methoxy groups -OCH3 is 6. The maximum atomic E-state index is 5.37. The standard InChI is InChI=1S/C44H90O6/c1-45-43(46-2,47-3)41-39-37-35-33-31-29-27-25-23-21-19-17-15-13-11-9-7-8-10-12-14-16-18-20-22-24-26-28-30-32-34-36-38-40-42-44(48-4,49-5)50-6/h7-42H2,1-6H3. The van der Waals surface area contributed by atoms with Crippen molar-refractivity contribution in [3.63, 3.8) is 0 Å². The second kappa shape index (κ2) is 38.5. The highest BCUT2D eigenvalue weighted by Crippen LogP contribution is 2.23. The lowest BCUT2D eigenvalue weighted by atomic mass is 10.0. The normalized spacial score (nSPS) is 12.4. The van der Waals surface area contributed by atoms with Crippen molar-refractivity contribution < 1.29 is 28.4 Å². The summed E-state index contributed by atoms with van der Waals surface area (Å²) in [6.07, 6.45) is 49.1. The van der Waals surface area contributed by atoms with E-state index in [9.17, 15) is 0 Å². The molecule has 0 atom stereocenters. The zero-order valence-corrected chi connectivity index (χ0v) is 34.9. The predicted molar refractivity (Wildman–Crippen MR) is 214 cm³/mol. The third-order valence-corrected chi connectivity index (χ3v) is 11.1. The van der Waals surface area contributed by atoms with Gasteiger partial charge in [0.2, 0.25) is 0 Å². The van der Waals surface area contributed by atoms with Gasteiger partial charge in [0.15, 0.2) is 0 Å². The number of rotatable bonds is 43. The van der Waals surface area contributed by atoms with Gasteiger partial charge < -0.3 is 28.4 Å². The van der Waals surface area contributed by atoms with Crippen LogP contribution in [0.2, 0.25) is 0 Å². The molecule has 0 fully saturated rings. The first kappa shape index (κ1) is 49.8. The molecule has 0 rings (SSSR count). The fourth-order valence-corrected chi connectivity index (χ4v) is 7.45. The summed E-state index contributed by atoms with van der Waals surface area (Å²) in [6, 6.07) is 0. The quantitative estimate of drug-likeness (QED) is 0.0463. The van der Waals surface area contributed by atoms with Crippen LogP contribution in [0, 0.1) is 0 Å². The van der Waals surface area contributed by atoms with Crippen molar-refractivity contribution in [2.45, 2.75) is 243 Å². The molecule has 0 aromatic carbocycles. The molecule has 0 saturated carbocycles. The van der Waals surface area contributed by atoms with Crippen LogP contribution in [-0.4, -0.2) is 54.6 Å². The topological polar surface area (TPSA) is 55.4 Å². The van der Waals surface area contributed by atoms with Gasteiger partial charge in [0.1, 0.15) is 0 Å². The Morgan fingerprint density at radius 2 is 0.280 bits per heavy atom. The molecule has 6 heteroatoms. The molecule has 0 aliphatic rings. The third-order valence-electron chi connectivity index (χ3n) is 11.1. The summed E-state index contributed by atoms with van der Waals surface area (Å²) in [5.41, 5.74) is 0. The van der Waals surface area contributed by atoms with Gasteiger partial charge in [0.05, 0.1) is 0 Å². The molecule has 0 unspecified atom stereocenters. The van der Waals surface area contributed by atoms with Crippen LogP contribution in [0.1, 0.15) is 231 Å². The van der Waals surface area contributed by atoms with Gasteiger partial charge in [-0.25, -0.2) is 0 Å². The third kappa shape index (κ3) is 30.2. The van der Waals surface area contributed by atoms with Gasteiger partial charge in [-0.1, -0.05) is 205 Å². The van der Waals surface area contributed by atoms with E-state index in [2.05, 4.69) is 0 Å². The molecule has 6 nitrogen and oxygen atoms in total. The summed E-state index contributed by atoms with van der Waals surface area (Å²) in [5.74, 6) is -1.70. The van der Waals surface area contributed by atoms with Crippen molar-refractivity contribution in [3.05, 3.63) is 0 Å². The van der Waals surface area contributed by atoms with Crippen LogP contribution in [0.3, 0.4) is 0 Å². The van der Waals surface area contributed by atoms with Gasteiger partial charge in [-0.05, 0) is 12.8 Å². The van der Waals surface area contributed by atoms with Crippen molar-refractivity contribution >= 4 is 0 Å². The molecule has 50 heavy (non-hydrogen) atoms. The molecule has 0 saturated heterocycles. The van der Waals surface area contributed by atoms with Gasteiger partial charge in [-0.15, -0.1) is 0 Å². The average Bonchev–Trinajstić information content (AvgIpc) is 3.15. The average molecular weight is 715 g/mol. The number of hydrogen-bond donors (Lipinski definition) is 0. The highest BCUT2D eigenvalue weighted by molar-refractivity contribution is 4.59. The zero-order chi connectivity index (χ0) is 36.7. The van der Waals surface area contributed by atoms with Crippen LogP contribution >= 0.6 is 0 Å². The molecular formula is C44H90O6. The van der Waals surface area contributed by atoms with E-state index < -0.39 is 11.9 Å². The molecule has 0 bridgehead atoms. The highest BCUT2D eigenvalue weighted by Gasteiger charge is 2.29. The molecule has 0 heterocycles. The van der Waals surface area contributed by atoms with Crippen LogP contribution in [0.4, 0.5) is 0 Å². The summed E-state index contributed by atoms with van der Waals surface area (Å²) >= 11 is 0. The maximum Gasteiger partial charge on any atom is 0.282 e. The molecule has 0 radical (unpaired) electrons. The lowest BCUT2D eigenvalue weighted by Gasteiger charge is -2.28. The van der Waals surface area contributed by atoms with Crippen LogP contribution < -0.4 is 0 Å². The minimum atomic E-state index is -0.848. The van der Waals surface area contributed by atoms with E-state index in [1.165, 1.54) is 205 Å². The molecule has 0 N–H and O–H groups in total. The Labute approximate surface area is 313 Å². The Balaban J connectivity index is 3.18. The van der Waals surface area contributed by atoms with Crippen LogP contribution in [0.15, 0.2) is 0 Å². The van der Waals surface area contributed by atoms with Gasteiger partial charge in [0.25, 0.3) is 11.9 Å². The van der Waals surface area contributed by atoms with Crippen molar-refractivity contribution in [1.82, 2.24) is 0 Å². The lowest BCUT2D eigenvalue weighted by Crippen LogP contribution is -2.35. The Kier molecular flexibility index (Phi) is 38.3. The van der Waals surface area contributed by atoms with Crippen molar-refractivity contribution in [1.29, 1.82) is 0 Å². The van der Waals surface area contributed by atoms with E-state index in [4.69, 9.17) is 28.4 Å². The van der Waals surface area contributed by atoms with Crippen LogP contribution in [-0.2, 0) is 28.4 Å². The van der Waals surface area contributed by atoms with E-state index in [1.807, 2.05) is 0 Å². The maximum absolute atomic E-state index is 5.37. The van der Waals surface area contributed by atoms with Crippen molar-refractivity contribution in [2.75, 3.05) is 42.7 Å². The summed E-state index contributed by atoms with van der Waals surface area (Å²) in [7, 11) is 9.89. The lowest BCUT2D eigenvalue weighted by molar-refractivity contribution is -0.355. The number of ether oxygens (including phenoxy) is 6. The van der Waals surface area contributed by atoms with E-state index >= 15 is 0 Å². The molecule has 0 aromatic rings. The molecule has 0 aliphatic heterocycles. The first-order valence-corrected chi connectivity index (χ1v) is 21.9. The second-order valence-electron chi connectivity index (χ2n) is 15.1. The first-order valence-electron chi connectivity index (χ1n) is 21.9. The summed E-state index contributed by atoms with van der Waals surface area (Å²) in [6.45, 7) is 0. The summed E-state index contributed by atoms with van der Waals surface area (Å²) in [5, 5.41) is 0. The Morgan fingerprint density at radius 1 is 0.180 bits per heavy atom. The van der Waals surface area contributed by atoms with Crippen molar-refractivity contribution in [2.24, 2.45) is 0 Å². The minimum Gasteiger partial charge on any atom is -0.331 e. The Morgan fingerprint density at radius 3 is 0.380 bits per heavy atom. The summed E-state index contributed by atoms with van der Waals surface area (Å²) < 4.78 is 32.2. The Hall–Kier alpha value is -0.240. The van der Waals surface area contributed by atoms with Gasteiger partial charge in [-0.2, -0.15) is 0 Å². The minimum absolute atomic E-state index is 0.797. The molecule has 0 amide bonds. The van der Waals surface area contributed by atoms with E-state index in [1.54, 1.807) is 42.7 Å². The molecular weight excluding hydrogens is 624 g/mol. The number of unbranched alkanes of at least 4 members (excludes halogenated alkanes) is 33. The first-order chi connectivity index (χ1) is 24.6. The SMILES string of the molecule is COC(CCCCCCCCCCCCCCCCCCCCCCCCCCCCCCCCCCCCC(OC)(OC)OC)(OC)OC. The Bertz CT molecular complexity index is 565. The van der Waals surface area contributed by atoms with Gasteiger partial charge >= 0.3 is 0 Å². The van der Waals surface area contributed by atoms with Gasteiger partial charge in [-0.3, -0.25) is 0 Å². The smallest absolute Gasteiger partial charge is 0.282 e. The fraction of sp³-hybridized carbons (Fsp3) is 1.00. The van der Waals surface area contributed by atoms with E-state index in [-0.39, 0.29) is 0 Å². The zero-order valence-electron chi connectivity index (χ0n) is 34.9. The second-order valence-corrected chi connectivity index (χ2v) is 15.1. The largest absolute Gasteiger partial charge is 0.331 e. The van der Waals surface area contributed by atoms with Crippen molar-refractivity contribution in [3.8, 4) is 0 Å². The fourth-order valence-electron chi connectivity index (χ4n) is 7.45. The predicted octanol–water partition coefficient (Wildman–Crippen LogP) is 14.2. The monoisotopic (exact) mass is 715 g/mol. The molecule has 302 valence electrons. The van der Waals surface area contributed by atoms with E-state index in [0.29, 0.717) is 0 Å². The van der Waals surface area contributed by atoms with E-state index in [0.717, 1.165) is 25.7 Å². The van der Waals surface area contributed by atoms with Gasteiger partial charge in [0, 0.05) is 55.5 Å². The molecule has 0 aromatic heterocycles. The number of hydrogen-bond acceptors (Lipinski definition) is 6. The van der Waals surface area contributed by atoms with Crippen LogP contribution in [0.5, 0.6) is 0 Å². The summed E-state index contributed by atoms with van der Waals surface area (Å²) in [4.78, 5) is 0.